The largest absolute Gasteiger partial charge is 0.497 e. The zero-order chi connectivity index (χ0) is 22.8. The molecular formula is C28H27NO4. The molecule has 2 aliphatic heterocycles. The van der Waals surface area contributed by atoms with Gasteiger partial charge in [0.25, 0.3) is 0 Å². The van der Waals surface area contributed by atoms with Crippen LogP contribution in [0.15, 0.2) is 84.9 Å². The van der Waals surface area contributed by atoms with Gasteiger partial charge < -0.3 is 14.4 Å². The summed E-state index contributed by atoms with van der Waals surface area (Å²) in [5, 5.41) is 0. The van der Waals surface area contributed by atoms with Gasteiger partial charge in [0.05, 0.1) is 13.0 Å². The maximum atomic E-state index is 13.7. The standard InChI is InChI=1S/C28H27NO4/c1-32-23-14-12-22(13-15-23)19-29-25-27(31)33-28(25,17-16-20-8-4-2-5-9-20)24(26(29)30)18-21-10-6-3-7-11-21/h2-15,24-25H,16-19H2,1H3/t24?,25-,28-/m0/s1. The highest BCUT2D eigenvalue weighted by molar-refractivity contribution is 5.97. The van der Waals surface area contributed by atoms with Crippen LogP contribution in [0.3, 0.4) is 0 Å². The second-order valence-electron chi connectivity index (χ2n) is 8.82. The predicted molar refractivity (Wildman–Crippen MR) is 125 cm³/mol. The Bertz CT molecular complexity index is 1130. The minimum atomic E-state index is -0.799. The molecule has 1 amide bonds. The molecule has 0 aliphatic carbocycles. The first-order chi connectivity index (χ1) is 16.1. The monoisotopic (exact) mass is 441 g/mol. The molecule has 1 unspecified atom stereocenters. The van der Waals surface area contributed by atoms with Gasteiger partial charge in [-0.2, -0.15) is 0 Å². The summed E-state index contributed by atoms with van der Waals surface area (Å²) in [7, 11) is 1.62. The summed E-state index contributed by atoms with van der Waals surface area (Å²) >= 11 is 0. The van der Waals surface area contributed by atoms with Crippen LogP contribution in [-0.4, -0.2) is 35.5 Å². The molecule has 0 aromatic heterocycles. The van der Waals surface area contributed by atoms with Crippen LogP contribution in [0.5, 0.6) is 5.75 Å². The van der Waals surface area contributed by atoms with Gasteiger partial charge in [-0.25, -0.2) is 4.79 Å². The maximum Gasteiger partial charge on any atom is 0.333 e. The summed E-state index contributed by atoms with van der Waals surface area (Å²) in [4.78, 5) is 28.2. The molecule has 0 N–H and O–H groups in total. The number of nitrogens with zero attached hydrogens (tertiary/aromatic N) is 1. The van der Waals surface area contributed by atoms with Gasteiger partial charge in [0, 0.05) is 6.54 Å². The Morgan fingerprint density at radius 1 is 0.848 bits per heavy atom. The molecule has 168 valence electrons. The molecule has 3 atom stereocenters. The molecule has 5 heteroatoms. The van der Waals surface area contributed by atoms with Gasteiger partial charge in [-0.1, -0.05) is 72.8 Å². The first kappa shape index (κ1) is 21.3. The van der Waals surface area contributed by atoms with E-state index in [1.807, 2.05) is 72.8 Å². The molecule has 0 spiro atoms. The molecule has 0 saturated carbocycles. The van der Waals surface area contributed by atoms with Crippen LogP contribution >= 0.6 is 0 Å². The van der Waals surface area contributed by atoms with Gasteiger partial charge in [0.15, 0.2) is 11.6 Å². The minimum Gasteiger partial charge on any atom is -0.497 e. The Labute approximate surface area is 193 Å². The topological polar surface area (TPSA) is 55.8 Å². The molecule has 3 aromatic rings. The van der Waals surface area contributed by atoms with E-state index >= 15 is 0 Å². The Kier molecular flexibility index (Phi) is 5.63. The second-order valence-corrected chi connectivity index (χ2v) is 8.82. The zero-order valence-corrected chi connectivity index (χ0v) is 18.6. The Morgan fingerprint density at radius 2 is 1.48 bits per heavy atom. The van der Waals surface area contributed by atoms with Crippen LogP contribution in [0.1, 0.15) is 23.1 Å². The fourth-order valence-corrected chi connectivity index (χ4v) is 5.18. The van der Waals surface area contributed by atoms with Crippen LogP contribution in [0.25, 0.3) is 0 Å². The number of ether oxygens (including phenoxy) is 2. The first-order valence-electron chi connectivity index (χ1n) is 11.3. The van der Waals surface area contributed by atoms with E-state index in [0.717, 1.165) is 23.3 Å². The maximum absolute atomic E-state index is 13.7. The number of carbonyl (C=O) groups excluding carboxylic acids is 2. The van der Waals surface area contributed by atoms with E-state index in [1.165, 1.54) is 5.56 Å². The molecule has 2 fully saturated rings. The fourth-order valence-electron chi connectivity index (χ4n) is 5.18. The number of hydrogen-bond acceptors (Lipinski definition) is 4. The van der Waals surface area contributed by atoms with Crippen molar-refractivity contribution in [2.45, 2.75) is 37.5 Å². The number of esters is 1. The van der Waals surface area contributed by atoms with Crippen molar-refractivity contribution in [3.63, 3.8) is 0 Å². The van der Waals surface area contributed by atoms with E-state index in [0.29, 0.717) is 19.4 Å². The zero-order valence-electron chi connectivity index (χ0n) is 18.6. The van der Waals surface area contributed by atoms with Crippen molar-refractivity contribution in [1.82, 2.24) is 4.90 Å². The van der Waals surface area contributed by atoms with Crippen molar-refractivity contribution in [2.75, 3.05) is 7.11 Å². The number of aryl methyl sites for hydroxylation is 1. The van der Waals surface area contributed by atoms with Crippen LogP contribution in [0, 0.1) is 5.92 Å². The minimum absolute atomic E-state index is 0.0152. The number of amides is 1. The number of fused-ring (bicyclic) bond motifs is 1. The lowest BCUT2D eigenvalue weighted by molar-refractivity contribution is -0.212. The predicted octanol–water partition coefficient (Wildman–Crippen LogP) is 4.19. The van der Waals surface area contributed by atoms with E-state index < -0.39 is 17.6 Å². The Balaban J connectivity index is 1.45. The van der Waals surface area contributed by atoms with E-state index in [1.54, 1.807) is 12.0 Å². The molecule has 2 aliphatic rings. The van der Waals surface area contributed by atoms with Gasteiger partial charge in [-0.3, -0.25) is 4.79 Å². The summed E-state index contributed by atoms with van der Waals surface area (Å²) in [5.74, 6) is 0.0392. The smallest absolute Gasteiger partial charge is 0.333 e. The Morgan fingerprint density at radius 3 is 2.09 bits per heavy atom. The number of methoxy groups -OCH3 is 1. The SMILES string of the molecule is COc1ccc(CN2C(=O)C(Cc3ccccc3)[C@]3(CCc4ccccc4)OC(=O)[C@H]23)cc1. The third kappa shape index (κ3) is 3.88. The molecular weight excluding hydrogens is 414 g/mol. The van der Waals surface area contributed by atoms with Crippen molar-refractivity contribution < 1.29 is 19.1 Å². The van der Waals surface area contributed by atoms with Gasteiger partial charge in [-0.05, 0) is 48.1 Å². The van der Waals surface area contributed by atoms with Gasteiger partial charge in [0.2, 0.25) is 5.91 Å². The fraction of sp³-hybridized carbons (Fsp3) is 0.286. The van der Waals surface area contributed by atoms with Crippen molar-refractivity contribution >= 4 is 11.9 Å². The summed E-state index contributed by atoms with van der Waals surface area (Å²) in [5.41, 5.74) is 2.41. The number of rotatable bonds is 8. The molecule has 33 heavy (non-hydrogen) atoms. The molecule has 5 nitrogen and oxygen atoms in total. The van der Waals surface area contributed by atoms with Gasteiger partial charge in [-0.15, -0.1) is 0 Å². The molecule has 2 saturated heterocycles. The lowest BCUT2D eigenvalue weighted by atomic mass is 9.74. The van der Waals surface area contributed by atoms with Gasteiger partial charge in [0.1, 0.15) is 5.75 Å². The highest BCUT2D eigenvalue weighted by atomic mass is 16.6. The Hall–Kier alpha value is -3.60. The summed E-state index contributed by atoms with van der Waals surface area (Å²) in [6.45, 7) is 0.376. The summed E-state index contributed by atoms with van der Waals surface area (Å²) < 4.78 is 11.2. The number of likely N-dealkylation sites (tertiary alicyclic amines) is 1. The lowest BCUT2D eigenvalue weighted by Crippen LogP contribution is -2.65. The third-order valence-corrected chi connectivity index (χ3v) is 6.90. The highest BCUT2D eigenvalue weighted by Gasteiger charge is 2.71. The molecule has 3 aromatic carbocycles. The van der Waals surface area contributed by atoms with Crippen molar-refractivity contribution in [3.05, 3.63) is 102 Å². The average molecular weight is 442 g/mol. The van der Waals surface area contributed by atoms with Gasteiger partial charge >= 0.3 is 5.97 Å². The molecule has 0 radical (unpaired) electrons. The lowest BCUT2D eigenvalue weighted by Gasteiger charge is -2.47. The van der Waals surface area contributed by atoms with E-state index in [4.69, 9.17) is 9.47 Å². The van der Waals surface area contributed by atoms with Crippen molar-refractivity contribution in [2.24, 2.45) is 5.92 Å². The second kappa shape index (κ2) is 8.74. The molecule has 2 heterocycles. The van der Waals surface area contributed by atoms with Crippen LogP contribution < -0.4 is 4.74 Å². The third-order valence-electron chi connectivity index (χ3n) is 6.90. The quantitative estimate of drug-likeness (QED) is 0.492. The summed E-state index contributed by atoms with van der Waals surface area (Å²) in [6.07, 6.45) is 1.92. The number of carbonyl (C=O) groups is 2. The summed E-state index contributed by atoms with van der Waals surface area (Å²) in [6, 6.07) is 27.2. The normalized spacial score (nSPS) is 23.6. The van der Waals surface area contributed by atoms with E-state index in [2.05, 4.69) is 12.1 Å². The number of benzene rings is 3. The highest BCUT2D eigenvalue weighted by Crippen LogP contribution is 2.50. The average Bonchev–Trinajstić information content (AvgIpc) is 3.02. The van der Waals surface area contributed by atoms with E-state index in [-0.39, 0.29) is 11.9 Å². The van der Waals surface area contributed by atoms with E-state index in [9.17, 15) is 9.59 Å². The first-order valence-corrected chi connectivity index (χ1v) is 11.3. The number of hydrogen-bond donors (Lipinski definition) is 0. The van der Waals surface area contributed by atoms with Crippen LogP contribution in [0.4, 0.5) is 0 Å². The molecule has 5 rings (SSSR count). The molecule has 0 bridgehead atoms. The van der Waals surface area contributed by atoms with Crippen LogP contribution in [0.2, 0.25) is 0 Å². The van der Waals surface area contributed by atoms with Crippen molar-refractivity contribution in [1.29, 1.82) is 0 Å². The van der Waals surface area contributed by atoms with Crippen molar-refractivity contribution in [3.8, 4) is 5.75 Å². The van der Waals surface area contributed by atoms with Crippen LogP contribution in [-0.2, 0) is 33.7 Å².